The van der Waals surface area contributed by atoms with E-state index >= 15 is 0 Å². The highest BCUT2D eigenvalue weighted by Gasteiger charge is 2.30. The molecule has 6 nitrogen and oxygen atoms in total. The van der Waals surface area contributed by atoms with Crippen LogP contribution in [0.5, 0.6) is 0 Å². The van der Waals surface area contributed by atoms with Crippen molar-refractivity contribution in [3.63, 3.8) is 0 Å². The van der Waals surface area contributed by atoms with Crippen molar-refractivity contribution in [1.82, 2.24) is 14.7 Å². The SMILES string of the molecule is CN(C)[C@H](C(=O)N1CCCN(C(=O)c2ccoc2)CC1)c1ccc(F)cc1. The fraction of sp³-hybridized carbons (Fsp3) is 0.400. The molecule has 0 radical (unpaired) electrons. The zero-order chi connectivity index (χ0) is 19.4. The van der Waals surface area contributed by atoms with E-state index in [0.29, 0.717) is 38.2 Å². The molecule has 1 fully saturated rings. The highest BCUT2D eigenvalue weighted by Crippen LogP contribution is 2.22. The van der Waals surface area contributed by atoms with Gasteiger partial charge in [0.15, 0.2) is 0 Å². The maximum Gasteiger partial charge on any atom is 0.257 e. The Balaban J connectivity index is 1.70. The predicted molar refractivity (Wildman–Crippen MR) is 98.6 cm³/mol. The van der Waals surface area contributed by atoms with Gasteiger partial charge >= 0.3 is 0 Å². The second-order valence-corrected chi connectivity index (χ2v) is 6.90. The zero-order valence-corrected chi connectivity index (χ0v) is 15.6. The van der Waals surface area contributed by atoms with Crippen molar-refractivity contribution >= 4 is 11.8 Å². The van der Waals surface area contributed by atoms with Crippen LogP contribution in [0.1, 0.15) is 28.4 Å². The molecule has 3 rings (SSSR count). The molecule has 0 aliphatic carbocycles. The first-order valence-corrected chi connectivity index (χ1v) is 8.99. The number of hydrogen-bond acceptors (Lipinski definition) is 4. The molecular weight excluding hydrogens is 349 g/mol. The molecule has 0 spiro atoms. The van der Waals surface area contributed by atoms with Crippen molar-refractivity contribution in [2.24, 2.45) is 0 Å². The molecule has 1 aliphatic heterocycles. The van der Waals surface area contributed by atoms with Crippen LogP contribution < -0.4 is 0 Å². The Morgan fingerprint density at radius 2 is 1.70 bits per heavy atom. The Morgan fingerprint density at radius 3 is 2.33 bits per heavy atom. The molecular formula is C20H24FN3O3. The standard InChI is InChI=1S/C20H24FN3O3/c1-22(2)18(15-4-6-17(21)7-5-15)20(26)24-10-3-9-23(11-12-24)19(25)16-8-13-27-14-16/h4-8,13-14,18H,3,9-12H2,1-2H3/t18-/m0/s1. The summed E-state index contributed by atoms with van der Waals surface area (Å²) in [5, 5.41) is 0. The van der Waals surface area contributed by atoms with Crippen LogP contribution in [0, 0.1) is 5.82 Å². The predicted octanol–water partition coefficient (Wildman–Crippen LogP) is 2.40. The number of rotatable bonds is 4. The molecule has 2 amide bonds. The third kappa shape index (κ3) is 4.36. The van der Waals surface area contributed by atoms with Crippen LogP contribution in [0.4, 0.5) is 4.39 Å². The van der Waals surface area contributed by atoms with E-state index in [0.717, 1.165) is 5.56 Å². The van der Waals surface area contributed by atoms with E-state index < -0.39 is 6.04 Å². The number of hydrogen-bond donors (Lipinski definition) is 0. The van der Waals surface area contributed by atoms with E-state index in [9.17, 15) is 14.0 Å². The maximum absolute atomic E-state index is 13.2. The molecule has 144 valence electrons. The van der Waals surface area contributed by atoms with Gasteiger partial charge < -0.3 is 14.2 Å². The molecule has 1 atom stereocenters. The number of benzene rings is 1. The number of furan rings is 1. The van der Waals surface area contributed by atoms with E-state index in [-0.39, 0.29) is 17.6 Å². The summed E-state index contributed by atoms with van der Waals surface area (Å²) in [6.45, 7) is 2.11. The second-order valence-electron chi connectivity index (χ2n) is 6.90. The number of amides is 2. The summed E-state index contributed by atoms with van der Waals surface area (Å²) in [5.41, 5.74) is 1.27. The molecule has 2 heterocycles. The average Bonchev–Trinajstić information content (AvgIpc) is 3.07. The quantitative estimate of drug-likeness (QED) is 0.826. The fourth-order valence-corrected chi connectivity index (χ4v) is 3.39. The van der Waals surface area contributed by atoms with Crippen molar-refractivity contribution in [3.05, 3.63) is 59.8 Å². The van der Waals surface area contributed by atoms with Crippen molar-refractivity contribution < 1.29 is 18.4 Å². The largest absolute Gasteiger partial charge is 0.472 e. The van der Waals surface area contributed by atoms with Gasteiger partial charge in [-0.05, 0) is 44.3 Å². The molecule has 0 unspecified atom stereocenters. The Kier molecular flexibility index (Phi) is 5.91. The van der Waals surface area contributed by atoms with Gasteiger partial charge in [0.2, 0.25) is 5.91 Å². The van der Waals surface area contributed by atoms with Gasteiger partial charge in [0.05, 0.1) is 11.8 Å². The smallest absolute Gasteiger partial charge is 0.257 e. The Morgan fingerprint density at radius 1 is 1.04 bits per heavy atom. The normalized spacial score (nSPS) is 16.3. The van der Waals surface area contributed by atoms with E-state index in [1.54, 1.807) is 28.0 Å². The highest BCUT2D eigenvalue weighted by atomic mass is 19.1. The van der Waals surface area contributed by atoms with Gasteiger partial charge in [-0.3, -0.25) is 14.5 Å². The first kappa shape index (κ1) is 19.1. The zero-order valence-electron chi connectivity index (χ0n) is 15.6. The van der Waals surface area contributed by atoms with Crippen LogP contribution in [-0.2, 0) is 4.79 Å². The van der Waals surface area contributed by atoms with Crippen molar-refractivity contribution in [2.75, 3.05) is 40.3 Å². The number of carbonyl (C=O) groups is 2. The molecule has 0 bridgehead atoms. The molecule has 0 saturated carbocycles. The lowest BCUT2D eigenvalue weighted by molar-refractivity contribution is -0.136. The summed E-state index contributed by atoms with van der Waals surface area (Å²) in [6.07, 6.45) is 3.62. The summed E-state index contributed by atoms with van der Waals surface area (Å²) >= 11 is 0. The van der Waals surface area contributed by atoms with Gasteiger partial charge in [-0.1, -0.05) is 12.1 Å². The number of nitrogens with zero attached hydrogens (tertiary/aromatic N) is 3. The lowest BCUT2D eigenvalue weighted by Gasteiger charge is -2.30. The minimum absolute atomic E-state index is 0.0378. The average molecular weight is 373 g/mol. The van der Waals surface area contributed by atoms with E-state index in [1.165, 1.54) is 24.7 Å². The van der Waals surface area contributed by atoms with Crippen LogP contribution in [0.3, 0.4) is 0 Å². The van der Waals surface area contributed by atoms with Crippen LogP contribution in [0.2, 0.25) is 0 Å². The number of carbonyl (C=O) groups excluding carboxylic acids is 2. The molecule has 1 aromatic heterocycles. The number of likely N-dealkylation sites (N-methyl/N-ethyl adjacent to an activating group) is 1. The molecule has 1 aliphatic rings. The lowest BCUT2D eigenvalue weighted by Crippen LogP contribution is -2.42. The maximum atomic E-state index is 13.2. The Hall–Kier alpha value is -2.67. The minimum Gasteiger partial charge on any atom is -0.472 e. The van der Waals surface area contributed by atoms with E-state index in [1.807, 2.05) is 19.0 Å². The molecule has 2 aromatic rings. The molecule has 7 heteroatoms. The van der Waals surface area contributed by atoms with Gasteiger partial charge in [0.25, 0.3) is 5.91 Å². The first-order valence-electron chi connectivity index (χ1n) is 8.99. The van der Waals surface area contributed by atoms with Gasteiger partial charge in [-0.25, -0.2) is 4.39 Å². The molecule has 27 heavy (non-hydrogen) atoms. The Bertz CT molecular complexity index is 774. The van der Waals surface area contributed by atoms with E-state index in [2.05, 4.69) is 0 Å². The first-order chi connectivity index (χ1) is 13.0. The minimum atomic E-state index is -0.485. The van der Waals surface area contributed by atoms with Crippen LogP contribution in [-0.4, -0.2) is 66.8 Å². The third-order valence-corrected chi connectivity index (χ3v) is 4.80. The van der Waals surface area contributed by atoms with Crippen molar-refractivity contribution in [3.8, 4) is 0 Å². The van der Waals surface area contributed by atoms with Gasteiger partial charge in [0, 0.05) is 26.2 Å². The molecule has 1 aromatic carbocycles. The lowest BCUT2D eigenvalue weighted by atomic mass is 10.0. The van der Waals surface area contributed by atoms with Gasteiger partial charge in [0.1, 0.15) is 18.1 Å². The van der Waals surface area contributed by atoms with Crippen molar-refractivity contribution in [1.29, 1.82) is 0 Å². The summed E-state index contributed by atoms with van der Waals surface area (Å²) in [7, 11) is 3.66. The van der Waals surface area contributed by atoms with Crippen molar-refractivity contribution in [2.45, 2.75) is 12.5 Å². The molecule has 0 N–H and O–H groups in total. The van der Waals surface area contributed by atoms with Gasteiger partial charge in [-0.2, -0.15) is 0 Å². The van der Waals surface area contributed by atoms with Gasteiger partial charge in [-0.15, -0.1) is 0 Å². The second kappa shape index (κ2) is 8.35. The van der Waals surface area contributed by atoms with E-state index in [4.69, 9.17) is 4.42 Å². The number of halogens is 1. The molecule has 1 saturated heterocycles. The topological polar surface area (TPSA) is 57.0 Å². The van der Waals surface area contributed by atoms with Crippen LogP contribution in [0.15, 0.2) is 47.3 Å². The monoisotopic (exact) mass is 373 g/mol. The summed E-state index contributed by atoms with van der Waals surface area (Å²) in [4.78, 5) is 31.0. The van der Waals surface area contributed by atoms with Crippen LogP contribution >= 0.6 is 0 Å². The highest BCUT2D eigenvalue weighted by molar-refractivity contribution is 5.94. The summed E-state index contributed by atoms with van der Waals surface area (Å²) in [6, 6.07) is 7.18. The summed E-state index contributed by atoms with van der Waals surface area (Å²) in [5.74, 6) is -0.447. The fourth-order valence-electron chi connectivity index (χ4n) is 3.39. The van der Waals surface area contributed by atoms with Crippen LogP contribution in [0.25, 0.3) is 0 Å². The Labute approximate surface area is 158 Å². The third-order valence-electron chi connectivity index (χ3n) is 4.80. The summed E-state index contributed by atoms with van der Waals surface area (Å²) < 4.78 is 18.2.